The average Bonchev–Trinajstić information content (AvgIpc) is 2.35. The Kier molecular flexibility index (Phi) is 4.01. The van der Waals surface area contributed by atoms with Gasteiger partial charge in [0, 0.05) is 10.5 Å². The van der Waals surface area contributed by atoms with Gasteiger partial charge in [-0.15, -0.1) is 0 Å². The minimum Gasteiger partial charge on any atom is -0.433 e. The van der Waals surface area contributed by atoms with Crippen LogP contribution >= 0.6 is 27.5 Å². The maximum absolute atomic E-state index is 10.9. The quantitative estimate of drug-likeness (QED) is 0.607. The highest BCUT2D eigenvalue weighted by atomic mass is 79.9. The summed E-state index contributed by atoms with van der Waals surface area (Å²) in [5.74, 6) is 0.405. The number of ether oxygens (including phenoxy) is 1. The van der Waals surface area contributed by atoms with Crippen LogP contribution in [-0.4, -0.2) is 9.91 Å². The molecule has 5 nitrogen and oxygen atoms in total. The van der Waals surface area contributed by atoms with Crippen LogP contribution in [0.15, 0.2) is 34.9 Å². The van der Waals surface area contributed by atoms with Crippen molar-refractivity contribution in [1.82, 2.24) is 4.98 Å². The van der Waals surface area contributed by atoms with Gasteiger partial charge in [0.2, 0.25) is 0 Å². The molecule has 0 aliphatic heterocycles. The average molecular weight is 344 g/mol. The fourth-order valence-corrected chi connectivity index (χ4v) is 1.91. The summed E-state index contributed by atoms with van der Waals surface area (Å²) in [5, 5.41) is 11.1. The Morgan fingerprint density at radius 1 is 1.42 bits per heavy atom. The van der Waals surface area contributed by atoms with Crippen LogP contribution in [0.4, 0.5) is 5.69 Å². The van der Waals surface area contributed by atoms with E-state index >= 15 is 0 Å². The fraction of sp³-hybridized carbons (Fsp3) is 0.0833. The van der Waals surface area contributed by atoms with Crippen LogP contribution in [0.25, 0.3) is 0 Å². The van der Waals surface area contributed by atoms with E-state index in [1.54, 1.807) is 6.07 Å². The highest BCUT2D eigenvalue weighted by molar-refractivity contribution is 9.10. The smallest absolute Gasteiger partial charge is 0.332 e. The number of hydrogen-bond donors (Lipinski definition) is 0. The second-order valence-electron chi connectivity index (χ2n) is 3.75. The number of hydrogen-bond acceptors (Lipinski definition) is 4. The third-order valence-corrected chi connectivity index (χ3v) is 3.05. The van der Waals surface area contributed by atoms with Crippen molar-refractivity contribution in [3.63, 3.8) is 0 Å². The molecule has 1 aromatic heterocycles. The lowest BCUT2D eigenvalue weighted by Crippen LogP contribution is -1.97. The van der Waals surface area contributed by atoms with Gasteiger partial charge in [0.1, 0.15) is 5.75 Å². The normalized spacial score (nSPS) is 10.3. The van der Waals surface area contributed by atoms with Gasteiger partial charge < -0.3 is 4.74 Å². The molecule has 19 heavy (non-hydrogen) atoms. The van der Waals surface area contributed by atoms with Gasteiger partial charge in [-0.3, -0.25) is 10.1 Å². The van der Waals surface area contributed by atoms with Crippen molar-refractivity contribution in [3.8, 4) is 11.6 Å². The van der Waals surface area contributed by atoms with E-state index < -0.39 is 4.92 Å². The number of aromatic nitrogens is 1. The summed E-state index contributed by atoms with van der Waals surface area (Å²) >= 11 is 9.00. The highest BCUT2D eigenvalue weighted by Crippen LogP contribution is 2.33. The number of rotatable bonds is 3. The van der Waals surface area contributed by atoms with Crippen molar-refractivity contribution >= 4 is 33.2 Å². The van der Waals surface area contributed by atoms with E-state index in [0.717, 1.165) is 10.0 Å². The number of halogens is 2. The van der Waals surface area contributed by atoms with E-state index in [4.69, 9.17) is 16.3 Å². The van der Waals surface area contributed by atoms with Crippen LogP contribution in [-0.2, 0) is 0 Å². The first-order valence-electron chi connectivity index (χ1n) is 5.21. The van der Waals surface area contributed by atoms with Gasteiger partial charge >= 0.3 is 5.69 Å². The summed E-state index contributed by atoms with van der Waals surface area (Å²) in [6.07, 6.45) is 1.30. The van der Waals surface area contributed by atoms with Gasteiger partial charge in [-0.05, 0) is 24.6 Å². The summed E-state index contributed by atoms with van der Waals surface area (Å²) in [6, 6.07) is 6.61. The third-order valence-electron chi connectivity index (χ3n) is 2.35. The molecule has 0 atom stereocenters. The molecular formula is C12H8BrClN2O3. The summed E-state index contributed by atoms with van der Waals surface area (Å²) in [5.41, 5.74) is 0.570. The monoisotopic (exact) mass is 342 g/mol. The Labute approximate surface area is 122 Å². The first-order valence-corrected chi connectivity index (χ1v) is 6.38. The highest BCUT2D eigenvalue weighted by Gasteiger charge is 2.19. The van der Waals surface area contributed by atoms with E-state index in [2.05, 4.69) is 20.9 Å². The van der Waals surface area contributed by atoms with Crippen molar-refractivity contribution in [3.05, 3.63) is 55.6 Å². The lowest BCUT2D eigenvalue weighted by Gasteiger charge is -2.08. The summed E-state index contributed by atoms with van der Waals surface area (Å²) in [7, 11) is 0. The summed E-state index contributed by atoms with van der Waals surface area (Å²) < 4.78 is 6.31. The van der Waals surface area contributed by atoms with Crippen molar-refractivity contribution in [2.45, 2.75) is 6.92 Å². The van der Waals surface area contributed by atoms with Gasteiger partial charge in [0.15, 0.2) is 0 Å². The van der Waals surface area contributed by atoms with Crippen LogP contribution in [0.5, 0.6) is 11.6 Å². The first-order chi connectivity index (χ1) is 8.97. The van der Waals surface area contributed by atoms with Crippen molar-refractivity contribution < 1.29 is 9.66 Å². The first kappa shape index (κ1) is 13.8. The Morgan fingerprint density at radius 3 is 2.84 bits per heavy atom. The summed E-state index contributed by atoms with van der Waals surface area (Å²) in [6.45, 7) is 1.84. The van der Waals surface area contributed by atoms with Crippen molar-refractivity contribution in [1.29, 1.82) is 0 Å². The zero-order valence-corrected chi connectivity index (χ0v) is 12.1. The van der Waals surface area contributed by atoms with Crippen molar-refractivity contribution in [2.24, 2.45) is 0 Å². The molecule has 0 radical (unpaired) electrons. The van der Waals surface area contributed by atoms with Crippen molar-refractivity contribution in [2.75, 3.05) is 0 Å². The van der Waals surface area contributed by atoms with E-state index in [-0.39, 0.29) is 16.6 Å². The second kappa shape index (κ2) is 5.54. The van der Waals surface area contributed by atoms with Gasteiger partial charge in [0.25, 0.3) is 5.88 Å². The van der Waals surface area contributed by atoms with Crippen LogP contribution in [0.2, 0.25) is 5.02 Å². The maximum atomic E-state index is 10.9. The van der Waals surface area contributed by atoms with Crippen LogP contribution in [0, 0.1) is 17.0 Å². The van der Waals surface area contributed by atoms with E-state index in [0.29, 0.717) is 5.75 Å². The Bertz CT molecular complexity index is 649. The fourth-order valence-electron chi connectivity index (χ4n) is 1.41. The zero-order chi connectivity index (χ0) is 14.0. The number of benzene rings is 1. The van der Waals surface area contributed by atoms with E-state index in [9.17, 15) is 10.1 Å². The number of nitrogens with zero attached hydrogens (tertiary/aromatic N) is 2. The van der Waals surface area contributed by atoms with Crippen LogP contribution < -0.4 is 4.74 Å². The largest absolute Gasteiger partial charge is 0.433 e. The van der Waals surface area contributed by atoms with E-state index in [1.807, 2.05) is 19.1 Å². The van der Waals surface area contributed by atoms with Crippen LogP contribution in [0.1, 0.15) is 5.56 Å². The Morgan fingerprint density at radius 2 is 2.16 bits per heavy atom. The molecule has 2 rings (SSSR count). The molecule has 0 amide bonds. The predicted octanol–water partition coefficient (Wildman–Crippen LogP) is 4.51. The summed E-state index contributed by atoms with van der Waals surface area (Å²) in [4.78, 5) is 14.2. The molecule has 1 aromatic carbocycles. The van der Waals surface area contributed by atoms with E-state index in [1.165, 1.54) is 12.3 Å². The molecule has 7 heteroatoms. The topological polar surface area (TPSA) is 65.3 Å². The molecule has 98 valence electrons. The van der Waals surface area contributed by atoms with Gasteiger partial charge in [0.05, 0.1) is 16.1 Å². The molecular weight excluding hydrogens is 336 g/mol. The molecule has 0 saturated heterocycles. The van der Waals surface area contributed by atoms with Gasteiger partial charge in [-0.2, -0.15) is 0 Å². The molecule has 0 spiro atoms. The second-order valence-corrected chi connectivity index (χ2v) is 5.10. The lowest BCUT2D eigenvalue weighted by molar-refractivity contribution is -0.386. The Hall–Kier alpha value is -1.66. The molecule has 0 unspecified atom stereocenters. The molecule has 0 aliphatic carbocycles. The SMILES string of the molecule is Cc1ccc(Br)cc1Oc1ncc(Cl)cc1[N+](=O)[O-]. The standard InChI is InChI=1S/C12H8BrClN2O3/c1-7-2-3-8(13)4-11(7)19-12-10(16(17)18)5-9(14)6-15-12/h2-6H,1H3. The molecule has 0 fully saturated rings. The Balaban J connectivity index is 2.43. The minimum absolute atomic E-state index is 0.0874. The van der Waals surface area contributed by atoms with Crippen LogP contribution in [0.3, 0.4) is 0 Å². The maximum Gasteiger partial charge on any atom is 0.332 e. The molecule has 0 N–H and O–H groups in total. The van der Waals surface area contributed by atoms with Gasteiger partial charge in [-0.25, -0.2) is 4.98 Å². The molecule has 1 heterocycles. The molecule has 0 saturated carbocycles. The third kappa shape index (κ3) is 3.21. The molecule has 2 aromatic rings. The predicted molar refractivity (Wildman–Crippen MR) is 74.9 cm³/mol. The molecule has 0 bridgehead atoms. The lowest BCUT2D eigenvalue weighted by atomic mass is 10.2. The number of nitro groups is 1. The number of aryl methyl sites for hydroxylation is 1. The minimum atomic E-state index is -0.582. The van der Waals surface area contributed by atoms with Gasteiger partial charge in [-0.1, -0.05) is 33.6 Å². The number of pyridine rings is 1. The zero-order valence-electron chi connectivity index (χ0n) is 9.76. The molecule has 0 aliphatic rings.